The van der Waals surface area contributed by atoms with Gasteiger partial charge in [0.2, 0.25) is 0 Å². The van der Waals surface area contributed by atoms with Gasteiger partial charge in [0.05, 0.1) is 3.57 Å². The van der Waals surface area contributed by atoms with E-state index in [0.717, 1.165) is 0 Å². The normalized spacial score (nSPS) is 10.6. The van der Waals surface area contributed by atoms with Crippen molar-refractivity contribution in [1.82, 2.24) is 4.98 Å². The van der Waals surface area contributed by atoms with E-state index in [4.69, 9.17) is 5.73 Å². The van der Waals surface area contributed by atoms with Crippen LogP contribution in [0.25, 0.3) is 0 Å². The van der Waals surface area contributed by atoms with Crippen LogP contribution in [0.15, 0.2) is 10.7 Å². The van der Waals surface area contributed by atoms with Crippen LogP contribution in [-0.2, 0) is 0 Å². The first-order chi connectivity index (χ1) is 6.43. The number of primary amides is 1. The quantitative estimate of drug-likeness (QED) is 0.636. The molecule has 0 saturated heterocycles. The molecule has 0 saturated carbocycles. The number of amides is 1. The molecule has 1 amide bonds. The number of pyridine rings is 1. The molecule has 3 nitrogen and oxygen atoms in total. The fraction of sp³-hybridized carbons (Fsp3) is 0.143. The summed E-state index contributed by atoms with van der Waals surface area (Å²) in [5, 5.41) is 0. The zero-order valence-electron chi connectivity index (χ0n) is 6.60. The number of halogens is 4. The first-order valence-corrected chi connectivity index (χ1v) is 5.24. The van der Waals surface area contributed by atoms with Crippen molar-refractivity contribution in [1.29, 1.82) is 0 Å². The highest BCUT2D eigenvalue weighted by atomic mass is 127. The van der Waals surface area contributed by atoms with Crippen molar-refractivity contribution in [3.05, 3.63) is 25.5 Å². The van der Waals surface area contributed by atoms with Gasteiger partial charge in [-0.2, -0.15) is 0 Å². The van der Waals surface area contributed by atoms with E-state index < -0.39 is 12.3 Å². The van der Waals surface area contributed by atoms with Crippen LogP contribution >= 0.6 is 38.5 Å². The molecule has 0 radical (unpaired) electrons. The Morgan fingerprint density at radius 2 is 2.21 bits per heavy atom. The molecular formula is C7H4BrF2IN2O. The summed E-state index contributed by atoms with van der Waals surface area (Å²) in [7, 11) is 0. The second kappa shape index (κ2) is 4.47. The van der Waals surface area contributed by atoms with Gasteiger partial charge in [-0.05, 0) is 44.6 Å². The van der Waals surface area contributed by atoms with E-state index in [1.54, 1.807) is 22.6 Å². The lowest BCUT2D eigenvalue weighted by Gasteiger charge is -2.06. The maximum Gasteiger partial charge on any atom is 0.268 e. The van der Waals surface area contributed by atoms with Crippen molar-refractivity contribution in [2.45, 2.75) is 6.43 Å². The number of hydrogen-bond donors (Lipinski definition) is 1. The van der Waals surface area contributed by atoms with Crippen LogP contribution in [0, 0.1) is 3.57 Å². The summed E-state index contributed by atoms with van der Waals surface area (Å²) in [5.41, 5.74) is 4.59. The molecule has 0 spiro atoms. The SMILES string of the molecule is NC(=O)c1nc(Br)cc(C(F)F)c1I. The summed E-state index contributed by atoms with van der Waals surface area (Å²) >= 11 is 4.55. The maximum atomic E-state index is 12.4. The molecule has 76 valence electrons. The van der Waals surface area contributed by atoms with Crippen LogP contribution in [0.2, 0.25) is 0 Å². The molecule has 0 fully saturated rings. The zero-order chi connectivity index (χ0) is 10.9. The summed E-state index contributed by atoms with van der Waals surface area (Å²) in [6.45, 7) is 0. The molecule has 0 aliphatic rings. The van der Waals surface area contributed by atoms with Crippen LogP contribution in [0.1, 0.15) is 22.5 Å². The Labute approximate surface area is 100 Å². The van der Waals surface area contributed by atoms with Gasteiger partial charge in [0.25, 0.3) is 12.3 Å². The van der Waals surface area contributed by atoms with Gasteiger partial charge in [0, 0.05) is 5.56 Å². The van der Waals surface area contributed by atoms with Gasteiger partial charge in [0.1, 0.15) is 10.3 Å². The van der Waals surface area contributed by atoms with Crippen molar-refractivity contribution >= 4 is 44.4 Å². The Kier molecular flexibility index (Phi) is 3.76. The van der Waals surface area contributed by atoms with Crippen molar-refractivity contribution in [2.24, 2.45) is 5.73 Å². The number of carbonyl (C=O) groups is 1. The molecule has 0 aliphatic heterocycles. The highest BCUT2D eigenvalue weighted by molar-refractivity contribution is 14.1. The Balaban J connectivity index is 3.40. The van der Waals surface area contributed by atoms with Gasteiger partial charge in [0.15, 0.2) is 0 Å². The third-order valence-electron chi connectivity index (χ3n) is 1.42. The highest BCUT2D eigenvalue weighted by Crippen LogP contribution is 2.28. The average Bonchev–Trinajstić information content (AvgIpc) is 2.07. The molecule has 7 heteroatoms. The number of nitrogens with zero attached hydrogens (tertiary/aromatic N) is 1. The molecule has 2 N–H and O–H groups in total. The smallest absolute Gasteiger partial charge is 0.268 e. The summed E-state index contributed by atoms with van der Waals surface area (Å²) in [6, 6.07) is 1.17. The number of aromatic nitrogens is 1. The summed E-state index contributed by atoms with van der Waals surface area (Å²) < 4.78 is 25.2. The lowest BCUT2D eigenvalue weighted by atomic mass is 10.2. The van der Waals surface area contributed by atoms with Crippen LogP contribution in [0.5, 0.6) is 0 Å². The third-order valence-corrected chi connectivity index (χ3v) is 2.96. The monoisotopic (exact) mass is 376 g/mol. The number of rotatable bonds is 2. The Morgan fingerprint density at radius 1 is 1.64 bits per heavy atom. The first kappa shape index (κ1) is 11.8. The van der Waals surface area contributed by atoms with Gasteiger partial charge in [-0.15, -0.1) is 0 Å². The molecule has 1 heterocycles. The topological polar surface area (TPSA) is 56.0 Å². The molecule has 1 aromatic rings. The van der Waals surface area contributed by atoms with E-state index in [1.807, 2.05) is 0 Å². The Hall–Kier alpha value is -0.310. The Bertz CT molecular complexity index is 386. The van der Waals surface area contributed by atoms with E-state index in [0.29, 0.717) is 0 Å². The second-order valence-corrected chi connectivity index (χ2v) is 4.25. The van der Waals surface area contributed by atoms with Crippen molar-refractivity contribution in [2.75, 3.05) is 0 Å². The highest BCUT2D eigenvalue weighted by Gasteiger charge is 2.19. The molecular weight excluding hydrogens is 373 g/mol. The fourth-order valence-corrected chi connectivity index (χ4v) is 2.04. The Morgan fingerprint density at radius 3 is 2.64 bits per heavy atom. The van der Waals surface area contributed by atoms with Gasteiger partial charge < -0.3 is 5.73 Å². The van der Waals surface area contributed by atoms with Gasteiger partial charge in [-0.1, -0.05) is 0 Å². The zero-order valence-corrected chi connectivity index (χ0v) is 10.3. The minimum Gasteiger partial charge on any atom is -0.364 e. The van der Waals surface area contributed by atoms with Crippen LogP contribution in [0.3, 0.4) is 0 Å². The number of carbonyl (C=O) groups excluding carboxylic acids is 1. The summed E-state index contributed by atoms with van der Waals surface area (Å²) in [6.07, 6.45) is -2.65. The number of alkyl halides is 2. The number of nitrogens with two attached hydrogens (primary N) is 1. The molecule has 0 unspecified atom stereocenters. The van der Waals surface area contributed by atoms with E-state index in [1.165, 1.54) is 6.07 Å². The van der Waals surface area contributed by atoms with E-state index in [9.17, 15) is 13.6 Å². The van der Waals surface area contributed by atoms with Crippen molar-refractivity contribution in [3.8, 4) is 0 Å². The largest absolute Gasteiger partial charge is 0.364 e. The molecule has 1 rings (SSSR count). The van der Waals surface area contributed by atoms with E-state index in [-0.39, 0.29) is 19.4 Å². The number of hydrogen-bond acceptors (Lipinski definition) is 2. The van der Waals surface area contributed by atoms with Gasteiger partial charge in [-0.3, -0.25) is 4.79 Å². The van der Waals surface area contributed by atoms with Crippen molar-refractivity contribution in [3.63, 3.8) is 0 Å². The molecule has 0 aliphatic carbocycles. The molecule has 0 bridgehead atoms. The van der Waals surface area contributed by atoms with Crippen LogP contribution in [-0.4, -0.2) is 10.9 Å². The average molecular weight is 377 g/mol. The van der Waals surface area contributed by atoms with Gasteiger partial charge in [-0.25, -0.2) is 13.8 Å². The second-order valence-electron chi connectivity index (χ2n) is 2.36. The first-order valence-electron chi connectivity index (χ1n) is 3.37. The lowest BCUT2D eigenvalue weighted by Crippen LogP contribution is -2.16. The van der Waals surface area contributed by atoms with Crippen LogP contribution < -0.4 is 5.73 Å². The molecule has 14 heavy (non-hydrogen) atoms. The predicted octanol–water partition coefficient (Wildman–Crippen LogP) is 2.49. The fourth-order valence-electron chi connectivity index (χ4n) is 0.839. The standard InChI is InChI=1S/C7H4BrF2IN2O/c8-3-1-2(6(9)10)4(11)5(13-3)7(12)14/h1,6H,(H2,12,14). The summed E-state index contributed by atoms with van der Waals surface area (Å²) in [5.74, 6) is -0.822. The maximum absolute atomic E-state index is 12.4. The van der Waals surface area contributed by atoms with Crippen LogP contribution in [0.4, 0.5) is 8.78 Å². The van der Waals surface area contributed by atoms with E-state index >= 15 is 0 Å². The molecule has 1 aromatic heterocycles. The minimum atomic E-state index is -2.65. The molecule has 0 atom stereocenters. The van der Waals surface area contributed by atoms with Crippen molar-refractivity contribution < 1.29 is 13.6 Å². The van der Waals surface area contributed by atoms with Gasteiger partial charge >= 0.3 is 0 Å². The molecule has 0 aromatic carbocycles. The van der Waals surface area contributed by atoms with E-state index in [2.05, 4.69) is 20.9 Å². The lowest BCUT2D eigenvalue weighted by molar-refractivity contribution is 0.0993. The third kappa shape index (κ3) is 2.38. The summed E-state index contributed by atoms with van der Waals surface area (Å²) in [4.78, 5) is 14.6. The minimum absolute atomic E-state index is 0.0910. The predicted molar refractivity (Wildman–Crippen MR) is 58.1 cm³/mol.